The van der Waals surface area contributed by atoms with Crippen molar-refractivity contribution in [3.05, 3.63) is 29.3 Å². The first-order valence-corrected chi connectivity index (χ1v) is 10.1. The van der Waals surface area contributed by atoms with E-state index in [1.807, 2.05) is 19.1 Å². The maximum atomic E-state index is 11.7. The Balaban J connectivity index is 0.00000312. The van der Waals surface area contributed by atoms with Crippen molar-refractivity contribution < 1.29 is 8.42 Å². The number of benzene rings is 1. The molecule has 0 amide bonds. The van der Waals surface area contributed by atoms with Crippen LogP contribution in [0.25, 0.3) is 0 Å². The van der Waals surface area contributed by atoms with Gasteiger partial charge in [0.05, 0.1) is 4.90 Å². The Hall–Kier alpha value is -0.870. The van der Waals surface area contributed by atoms with Crippen molar-refractivity contribution in [3.63, 3.8) is 0 Å². The van der Waals surface area contributed by atoms with Crippen LogP contribution in [0.2, 0.25) is 0 Å². The first-order chi connectivity index (χ1) is 11.3. The molecule has 25 heavy (non-hydrogen) atoms. The molecular weight excluding hydrogens is 451 g/mol. The molecule has 0 saturated carbocycles. The lowest BCUT2D eigenvalue weighted by molar-refractivity contribution is 0.394. The minimum atomic E-state index is -3.17. The van der Waals surface area contributed by atoms with E-state index in [-0.39, 0.29) is 24.0 Å². The lowest BCUT2D eigenvalue weighted by Gasteiger charge is -2.16. The highest BCUT2D eigenvalue weighted by Gasteiger charge is 2.19. The van der Waals surface area contributed by atoms with Gasteiger partial charge in [0, 0.05) is 32.9 Å². The van der Waals surface area contributed by atoms with E-state index in [0.29, 0.717) is 17.4 Å². The summed E-state index contributed by atoms with van der Waals surface area (Å²) >= 11 is 0. The number of guanidine groups is 1. The van der Waals surface area contributed by atoms with Crippen molar-refractivity contribution in [2.24, 2.45) is 10.9 Å². The van der Waals surface area contributed by atoms with Crippen LogP contribution < -0.4 is 10.6 Å². The van der Waals surface area contributed by atoms with E-state index in [9.17, 15) is 8.42 Å². The zero-order chi connectivity index (χ0) is 17.7. The van der Waals surface area contributed by atoms with Crippen LogP contribution in [0.4, 0.5) is 0 Å². The first-order valence-electron chi connectivity index (χ1n) is 8.22. The molecule has 1 aromatic carbocycles. The van der Waals surface area contributed by atoms with E-state index < -0.39 is 9.84 Å². The maximum absolute atomic E-state index is 11.7. The van der Waals surface area contributed by atoms with Crippen LogP contribution in [-0.4, -0.2) is 59.3 Å². The second-order valence-electron chi connectivity index (χ2n) is 6.60. The van der Waals surface area contributed by atoms with Crippen molar-refractivity contribution in [2.45, 2.75) is 24.8 Å². The number of rotatable bonds is 5. The second-order valence-corrected chi connectivity index (χ2v) is 8.58. The summed E-state index contributed by atoms with van der Waals surface area (Å²) in [6, 6.07) is 5.42. The Bertz CT molecular complexity index is 707. The Morgan fingerprint density at radius 3 is 2.60 bits per heavy atom. The molecule has 8 heteroatoms. The quantitative estimate of drug-likeness (QED) is 0.381. The second kappa shape index (κ2) is 9.72. The highest BCUT2D eigenvalue weighted by molar-refractivity contribution is 14.0. The van der Waals surface area contributed by atoms with Gasteiger partial charge in [-0.2, -0.15) is 0 Å². The molecule has 1 saturated heterocycles. The first kappa shape index (κ1) is 22.2. The topological polar surface area (TPSA) is 73.8 Å². The predicted octanol–water partition coefficient (Wildman–Crippen LogP) is 1.63. The smallest absolute Gasteiger partial charge is 0.191 e. The van der Waals surface area contributed by atoms with E-state index in [1.165, 1.54) is 12.7 Å². The molecule has 1 atom stereocenters. The van der Waals surface area contributed by atoms with Gasteiger partial charge in [-0.05, 0) is 50.0 Å². The number of sulfone groups is 1. The molecule has 1 aliphatic rings. The van der Waals surface area contributed by atoms with Gasteiger partial charge in [0.15, 0.2) is 15.8 Å². The summed E-state index contributed by atoms with van der Waals surface area (Å²) in [5.41, 5.74) is 1.80. The van der Waals surface area contributed by atoms with Gasteiger partial charge in [-0.3, -0.25) is 4.99 Å². The van der Waals surface area contributed by atoms with Crippen molar-refractivity contribution in [2.75, 3.05) is 40.0 Å². The Kier molecular flexibility index (Phi) is 8.62. The molecule has 1 fully saturated rings. The maximum Gasteiger partial charge on any atom is 0.191 e. The summed E-state index contributed by atoms with van der Waals surface area (Å²) in [5.74, 6) is 1.43. The van der Waals surface area contributed by atoms with E-state index in [2.05, 4.69) is 27.6 Å². The highest BCUT2D eigenvalue weighted by Crippen LogP contribution is 2.16. The third kappa shape index (κ3) is 6.74. The monoisotopic (exact) mass is 480 g/mol. The largest absolute Gasteiger partial charge is 0.356 e. The summed E-state index contributed by atoms with van der Waals surface area (Å²) < 4.78 is 23.3. The van der Waals surface area contributed by atoms with Crippen LogP contribution in [-0.2, 0) is 16.4 Å². The van der Waals surface area contributed by atoms with Crippen molar-refractivity contribution >= 4 is 39.8 Å². The zero-order valence-electron chi connectivity index (χ0n) is 15.4. The van der Waals surface area contributed by atoms with Crippen LogP contribution >= 0.6 is 24.0 Å². The molecular formula is C17H29IN4O2S. The number of aliphatic imine (C=N–C) groups is 1. The van der Waals surface area contributed by atoms with E-state index in [1.54, 1.807) is 13.1 Å². The van der Waals surface area contributed by atoms with Gasteiger partial charge in [-0.15, -0.1) is 24.0 Å². The van der Waals surface area contributed by atoms with E-state index >= 15 is 0 Å². The van der Waals surface area contributed by atoms with E-state index in [0.717, 1.165) is 36.7 Å². The number of nitrogens with zero attached hydrogens (tertiary/aromatic N) is 2. The fraction of sp³-hybridized carbons (Fsp3) is 0.588. The molecule has 1 unspecified atom stereocenters. The minimum absolute atomic E-state index is 0. The lowest BCUT2D eigenvalue weighted by Crippen LogP contribution is -2.39. The average molecular weight is 480 g/mol. The van der Waals surface area contributed by atoms with Crippen LogP contribution in [0.1, 0.15) is 17.5 Å². The summed E-state index contributed by atoms with van der Waals surface area (Å²) in [6.45, 7) is 5.62. The van der Waals surface area contributed by atoms with Gasteiger partial charge in [0.25, 0.3) is 0 Å². The Labute approximate surface area is 168 Å². The Morgan fingerprint density at radius 2 is 2.08 bits per heavy atom. The van der Waals surface area contributed by atoms with Crippen LogP contribution in [0.5, 0.6) is 0 Å². The zero-order valence-corrected chi connectivity index (χ0v) is 18.5. The van der Waals surface area contributed by atoms with Gasteiger partial charge in [-0.25, -0.2) is 8.42 Å². The van der Waals surface area contributed by atoms with Crippen LogP contribution in [0.15, 0.2) is 28.1 Å². The molecule has 0 bridgehead atoms. The molecule has 0 radical (unpaired) electrons. The number of aryl methyl sites for hydroxylation is 1. The molecule has 1 aromatic rings. The minimum Gasteiger partial charge on any atom is -0.356 e. The standard InChI is InChI=1S/C17H28N4O2S.HI/c1-13-9-14(5-6-16(13)24(4,22)23)10-19-17(18-2)20-11-15-7-8-21(3)12-15;/h5-6,9,15H,7-8,10-12H2,1-4H3,(H2,18,19,20);1H. The number of hydrogen-bond donors (Lipinski definition) is 2. The summed E-state index contributed by atoms with van der Waals surface area (Å²) in [4.78, 5) is 6.98. The predicted molar refractivity (Wildman–Crippen MR) is 114 cm³/mol. The van der Waals surface area contributed by atoms with Gasteiger partial charge in [0.1, 0.15) is 0 Å². The normalized spacial score (nSPS) is 18.7. The number of halogens is 1. The Morgan fingerprint density at radius 1 is 1.36 bits per heavy atom. The molecule has 0 aliphatic carbocycles. The third-order valence-corrected chi connectivity index (χ3v) is 5.63. The van der Waals surface area contributed by atoms with E-state index in [4.69, 9.17) is 0 Å². The van der Waals surface area contributed by atoms with Crippen molar-refractivity contribution in [1.29, 1.82) is 0 Å². The van der Waals surface area contributed by atoms with Crippen molar-refractivity contribution in [1.82, 2.24) is 15.5 Å². The molecule has 0 spiro atoms. The van der Waals surface area contributed by atoms with Gasteiger partial charge in [0.2, 0.25) is 0 Å². The molecule has 2 N–H and O–H groups in total. The highest BCUT2D eigenvalue weighted by atomic mass is 127. The summed E-state index contributed by atoms with van der Waals surface area (Å²) in [7, 11) is 0.737. The summed E-state index contributed by atoms with van der Waals surface area (Å²) in [5, 5.41) is 6.65. The third-order valence-electron chi connectivity index (χ3n) is 4.37. The summed E-state index contributed by atoms with van der Waals surface area (Å²) in [6.07, 6.45) is 2.45. The molecule has 0 aromatic heterocycles. The molecule has 142 valence electrons. The van der Waals surface area contributed by atoms with Crippen molar-refractivity contribution in [3.8, 4) is 0 Å². The van der Waals surface area contributed by atoms with Gasteiger partial charge < -0.3 is 15.5 Å². The van der Waals surface area contributed by atoms with Gasteiger partial charge >= 0.3 is 0 Å². The number of nitrogens with one attached hydrogen (secondary N) is 2. The number of likely N-dealkylation sites (tertiary alicyclic amines) is 1. The SMILES string of the molecule is CN=C(NCc1ccc(S(C)(=O)=O)c(C)c1)NCC1CCN(C)C1.I. The van der Waals surface area contributed by atoms with Crippen LogP contribution in [0.3, 0.4) is 0 Å². The molecule has 2 rings (SSSR count). The lowest BCUT2D eigenvalue weighted by atomic mass is 10.1. The molecule has 1 aliphatic heterocycles. The number of hydrogen-bond acceptors (Lipinski definition) is 4. The molecule has 6 nitrogen and oxygen atoms in total. The average Bonchev–Trinajstić information content (AvgIpc) is 2.92. The fourth-order valence-electron chi connectivity index (χ4n) is 3.08. The molecule has 1 heterocycles. The van der Waals surface area contributed by atoms with Crippen LogP contribution in [0, 0.1) is 12.8 Å². The fourth-order valence-corrected chi connectivity index (χ4v) is 4.04. The van der Waals surface area contributed by atoms with Gasteiger partial charge in [-0.1, -0.05) is 12.1 Å².